The van der Waals surface area contributed by atoms with Crippen LogP contribution in [0.25, 0.3) is 0 Å². The summed E-state index contributed by atoms with van der Waals surface area (Å²) in [5, 5.41) is 9.76. The first kappa shape index (κ1) is 16.4. The Bertz CT molecular complexity index is 543. The Hall–Kier alpha value is -1.95. The predicted octanol–water partition coefficient (Wildman–Crippen LogP) is 1.97. The van der Waals surface area contributed by atoms with Gasteiger partial charge < -0.3 is 10.3 Å². The molecule has 0 bridgehead atoms. The van der Waals surface area contributed by atoms with Crippen LogP contribution in [0.2, 0.25) is 0 Å². The van der Waals surface area contributed by atoms with Crippen molar-refractivity contribution in [2.45, 2.75) is 46.7 Å². The zero-order valence-corrected chi connectivity index (χ0v) is 13.9. The Balaban J connectivity index is 2.16. The SMILES string of the molecule is CCN(C(=O)C1=CNN(C(C)C(C)C)C1C)c1ccnnc1. The lowest BCUT2D eigenvalue weighted by atomic mass is 10.0. The molecule has 2 unspecified atom stereocenters. The molecule has 1 aliphatic rings. The van der Waals surface area contributed by atoms with Gasteiger partial charge in [-0.25, -0.2) is 5.01 Å². The molecule has 22 heavy (non-hydrogen) atoms. The number of anilines is 1. The van der Waals surface area contributed by atoms with E-state index in [4.69, 9.17) is 0 Å². The molecule has 2 heterocycles. The van der Waals surface area contributed by atoms with Crippen LogP contribution in [0.4, 0.5) is 5.69 Å². The van der Waals surface area contributed by atoms with E-state index in [9.17, 15) is 4.79 Å². The summed E-state index contributed by atoms with van der Waals surface area (Å²) in [6.45, 7) is 11.1. The highest BCUT2D eigenvalue weighted by Crippen LogP contribution is 2.24. The van der Waals surface area contributed by atoms with Crippen molar-refractivity contribution in [2.24, 2.45) is 5.92 Å². The van der Waals surface area contributed by atoms with E-state index in [2.05, 4.69) is 48.3 Å². The molecule has 0 aromatic carbocycles. The third-order valence-corrected chi connectivity index (χ3v) is 4.33. The maximum absolute atomic E-state index is 12.9. The van der Waals surface area contributed by atoms with Gasteiger partial charge in [0.1, 0.15) is 0 Å². The van der Waals surface area contributed by atoms with Crippen LogP contribution >= 0.6 is 0 Å². The second-order valence-corrected chi connectivity index (χ2v) is 5.95. The minimum Gasteiger partial charge on any atom is -0.325 e. The Morgan fingerprint density at radius 3 is 2.68 bits per heavy atom. The number of carbonyl (C=O) groups excluding carboxylic acids is 1. The van der Waals surface area contributed by atoms with Crippen molar-refractivity contribution in [3.05, 3.63) is 30.2 Å². The highest BCUT2D eigenvalue weighted by atomic mass is 16.2. The first-order valence-electron chi connectivity index (χ1n) is 7.80. The molecule has 1 aromatic heterocycles. The summed E-state index contributed by atoms with van der Waals surface area (Å²) in [7, 11) is 0. The van der Waals surface area contributed by atoms with Gasteiger partial charge in [0.15, 0.2) is 0 Å². The van der Waals surface area contributed by atoms with Gasteiger partial charge >= 0.3 is 0 Å². The first-order chi connectivity index (χ1) is 10.5. The Morgan fingerprint density at radius 1 is 1.41 bits per heavy atom. The number of nitrogens with one attached hydrogen (secondary N) is 1. The molecular formula is C16H25N5O. The van der Waals surface area contributed by atoms with Crippen molar-refractivity contribution < 1.29 is 4.79 Å². The van der Waals surface area contributed by atoms with Crippen LogP contribution in [0.15, 0.2) is 30.2 Å². The first-order valence-corrected chi connectivity index (χ1v) is 7.80. The average molecular weight is 303 g/mol. The maximum atomic E-state index is 12.9. The van der Waals surface area contributed by atoms with E-state index in [1.807, 2.05) is 13.1 Å². The van der Waals surface area contributed by atoms with E-state index in [0.717, 1.165) is 11.3 Å². The standard InChI is InChI=1S/C16H25N5O/c1-6-20(14-7-8-17-18-9-14)16(22)15-10-19-21(13(15)5)12(4)11(2)3/h7-13,19H,6H2,1-5H3. The second kappa shape index (κ2) is 6.87. The fourth-order valence-corrected chi connectivity index (χ4v) is 2.60. The summed E-state index contributed by atoms with van der Waals surface area (Å²) in [5.74, 6) is 0.512. The molecule has 2 rings (SSSR count). The lowest BCUT2D eigenvalue weighted by Gasteiger charge is -2.32. The number of hydrazine groups is 1. The molecule has 6 nitrogen and oxygen atoms in total. The largest absolute Gasteiger partial charge is 0.325 e. The van der Waals surface area contributed by atoms with Gasteiger partial charge in [0, 0.05) is 18.8 Å². The molecule has 1 amide bonds. The van der Waals surface area contributed by atoms with Gasteiger partial charge in [-0.1, -0.05) is 13.8 Å². The zero-order valence-electron chi connectivity index (χ0n) is 13.9. The number of rotatable bonds is 5. The Morgan fingerprint density at radius 2 is 2.14 bits per heavy atom. The molecule has 0 aliphatic carbocycles. The van der Waals surface area contributed by atoms with Gasteiger partial charge in [-0.3, -0.25) is 4.79 Å². The molecular weight excluding hydrogens is 278 g/mol. The van der Waals surface area contributed by atoms with Crippen LogP contribution in [0.1, 0.15) is 34.6 Å². The lowest BCUT2D eigenvalue weighted by Crippen LogP contribution is -2.47. The van der Waals surface area contributed by atoms with Crippen molar-refractivity contribution >= 4 is 11.6 Å². The summed E-state index contributed by atoms with van der Waals surface area (Å²) in [4.78, 5) is 14.6. The zero-order chi connectivity index (χ0) is 16.3. The van der Waals surface area contributed by atoms with Crippen LogP contribution in [-0.2, 0) is 4.79 Å². The normalized spacial score (nSPS) is 19.7. The topological polar surface area (TPSA) is 61.4 Å². The number of hydrogen-bond acceptors (Lipinski definition) is 5. The number of likely N-dealkylation sites (N-methyl/N-ethyl adjacent to an activating group) is 1. The number of nitrogens with zero attached hydrogens (tertiary/aromatic N) is 4. The van der Waals surface area contributed by atoms with Gasteiger partial charge in [-0.15, -0.1) is 0 Å². The minimum atomic E-state index is 0.00829. The number of amides is 1. The van der Waals surface area contributed by atoms with Crippen LogP contribution in [-0.4, -0.2) is 39.7 Å². The summed E-state index contributed by atoms with van der Waals surface area (Å²) in [6, 6.07) is 2.18. The van der Waals surface area contributed by atoms with Crippen molar-refractivity contribution in [3.8, 4) is 0 Å². The van der Waals surface area contributed by atoms with E-state index < -0.39 is 0 Å². The van der Waals surface area contributed by atoms with Crippen LogP contribution in [0, 0.1) is 5.92 Å². The van der Waals surface area contributed by atoms with E-state index in [0.29, 0.717) is 18.5 Å². The molecule has 1 N–H and O–H groups in total. The van der Waals surface area contributed by atoms with Gasteiger partial charge in [0.25, 0.3) is 5.91 Å². The van der Waals surface area contributed by atoms with Gasteiger partial charge in [-0.2, -0.15) is 10.2 Å². The number of aromatic nitrogens is 2. The molecule has 0 spiro atoms. The third kappa shape index (κ3) is 3.11. The lowest BCUT2D eigenvalue weighted by molar-refractivity contribution is -0.115. The van der Waals surface area contributed by atoms with Gasteiger partial charge in [-0.05, 0) is 32.8 Å². The average Bonchev–Trinajstić information content (AvgIpc) is 2.89. The summed E-state index contributed by atoms with van der Waals surface area (Å²) >= 11 is 0. The molecule has 0 radical (unpaired) electrons. The smallest absolute Gasteiger partial charge is 0.257 e. The molecule has 0 saturated carbocycles. The van der Waals surface area contributed by atoms with Crippen molar-refractivity contribution in [1.82, 2.24) is 20.6 Å². The van der Waals surface area contributed by atoms with Crippen LogP contribution in [0.3, 0.4) is 0 Å². The number of hydrogen-bond donors (Lipinski definition) is 1. The Kier molecular flexibility index (Phi) is 5.13. The maximum Gasteiger partial charge on any atom is 0.257 e. The van der Waals surface area contributed by atoms with Crippen LogP contribution in [0.5, 0.6) is 0 Å². The fourth-order valence-electron chi connectivity index (χ4n) is 2.60. The minimum absolute atomic E-state index is 0.00829. The molecule has 6 heteroatoms. The van der Waals surface area contributed by atoms with E-state index in [1.54, 1.807) is 23.4 Å². The summed E-state index contributed by atoms with van der Waals surface area (Å²) in [5.41, 5.74) is 4.78. The predicted molar refractivity (Wildman–Crippen MR) is 86.9 cm³/mol. The summed E-state index contributed by atoms with van der Waals surface area (Å²) < 4.78 is 0. The molecule has 120 valence electrons. The quantitative estimate of drug-likeness (QED) is 0.901. The second-order valence-electron chi connectivity index (χ2n) is 5.95. The monoisotopic (exact) mass is 303 g/mol. The Labute approximate surface area is 132 Å². The molecule has 1 aromatic rings. The number of carbonyl (C=O) groups is 1. The third-order valence-electron chi connectivity index (χ3n) is 4.33. The highest BCUT2D eigenvalue weighted by molar-refractivity contribution is 6.06. The molecule has 0 fully saturated rings. The fraction of sp³-hybridized carbons (Fsp3) is 0.562. The van der Waals surface area contributed by atoms with E-state index in [1.165, 1.54) is 0 Å². The van der Waals surface area contributed by atoms with Gasteiger partial charge in [0.05, 0.1) is 29.7 Å². The van der Waals surface area contributed by atoms with E-state index >= 15 is 0 Å². The van der Waals surface area contributed by atoms with Crippen molar-refractivity contribution in [1.29, 1.82) is 0 Å². The summed E-state index contributed by atoms with van der Waals surface area (Å²) in [6.07, 6.45) is 5.04. The van der Waals surface area contributed by atoms with Crippen molar-refractivity contribution in [2.75, 3.05) is 11.4 Å². The molecule has 2 atom stereocenters. The van der Waals surface area contributed by atoms with Crippen LogP contribution < -0.4 is 10.3 Å². The van der Waals surface area contributed by atoms with E-state index in [-0.39, 0.29) is 11.9 Å². The highest BCUT2D eigenvalue weighted by Gasteiger charge is 2.34. The van der Waals surface area contributed by atoms with Gasteiger partial charge in [0.2, 0.25) is 0 Å². The van der Waals surface area contributed by atoms with Crippen molar-refractivity contribution in [3.63, 3.8) is 0 Å². The molecule has 0 saturated heterocycles. The molecule has 1 aliphatic heterocycles.